The van der Waals surface area contributed by atoms with Gasteiger partial charge in [-0.3, -0.25) is 0 Å². The molecule has 0 spiro atoms. The topological polar surface area (TPSA) is 108 Å². The highest BCUT2D eigenvalue weighted by Gasteiger charge is 2.31. The van der Waals surface area contributed by atoms with Crippen LogP contribution in [0, 0.1) is 11.3 Å². The lowest BCUT2D eigenvalue weighted by atomic mass is 9.94. The first-order chi connectivity index (χ1) is 16.9. The SMILES string of the molecule is CC.CC#N.CS(=O)(=O)c1nc2c(c(N3CCNCC3)n1)CCC(c1cccc3ccccc13)O2. The second kappa shape index (κ2) is 12.0. The number of anilines is 1. The third-order valence-electron chi connectivity index (χ3n) is 5.76. The molecule has 186 valence electrons. The standard InChI is InChI=1S/C22H24N4O3S.C2H3N.C2H6/c1-30(27,28)22-24-20(26-13-11-23-12-14-26)18-9-10-19(29-21(18)25-22)17-8-4-6-15-5-2-3-7-16(15)17;1-2-3;1-2/h2-8,19,23H,9-14H2,1H3;1H3;1-2H3. The lowest BCUT2D eigenvalue weighted by molar-refractivity contribution is 0.167. The van der Waals surface area contributed by atoms with Gasteiger partial charge in [0.15, 0.2) is 0 Å². The summed E-state index contributed by atoms with van der Waals surface area (Å²) in [6.07, 6.45) is 2.50. The quantitative estimate of drug-likeness (QED) is 0.542. The van der Waals surface area contributed by atoms with Crippen molar-refractivity contribution in [3.63, 3.8) is 0 Å². The monoisotopic (exact) mass is 495 g/mol. The maximum Gasteiger partial charge on any atom is 0.252 e. The van der Waals surface area contributed by atoms with Gasteiger partial charge in [-0.05, 0) is 23.6 Å². The van der Waals surface area contributed by atoms with Gasteiger partial charge in [-0.15, -0.1) is 0 Å². The Balaban J connectivity index is 0.000000638. The fourth-order valence-corrected chi connectivity index (χ4v) is 4.77. The van der Waals surface area contributed by atoms with E-state index < -0.39 is 9.84 Å². The van der Waals surface area contributed by atoms with E-state index in [1.54, 1.807) is 6.07 Å². The maximum absolute atomic E-state index is 12.3. The lowest BCUT2D eigenvalue weighted by Crippen LogP contribution is -2.44. The third-order valence-corrected chi connectivity index (χ3v) is 6.60. The van der Waals surface area contributed by atoms with Crippen molar-refractivity contribution in [2.24, 2.45) is 0 Å². The number of fused-ring (bicyclic) bond motifs is 2. The number of nitrogens with one attached hydrogen (secondary N) is 1. The Labute approximate surface area is 207 Å². The molecule has 35 heavy (non-hydrogen) atoms. The highest BCUT2D eigenvalue weighted by Crippen LogP contribution is 2.40. The van der Waals surface area contributed by atoms with E-state index in [1.165, 1.54) is 6.92 Å². The normalized spacial score (nSPS) is 17.0. The van der Waals surface area contributed by atoms with Gasteiger partial charge >= 0.3 is 0 Å². The van der Waals surface area contributed by atoms with Gasteiger partial charge in [-0.1, -0.05) is 56.3 Å². The van der Waals surface area contributed by atoms with Crippen LogP contribution in [0.5, 0.6) is 5.88 Å². The Morgan fingerprint density at radius 2 is 1.74 bits per heavy atom. The predicted octanol–water partition coefficient (Wildman–Crippen LogP) is 4.07. The van der Waals surface area contributed by atoms with Crippen molar-refractivity contribution in [3.8, 4) is 11.9 Å². The zero-order valence-electron chi connectivity index (χ0n) is 20.8. The van der Waals surface area contributed by atoms with Crippen molar-refractivity contribution in [2.45, 2.75) is 44.9 Å². The number of benzene rings is 2. The summed E-state index contributed by atoms with van der Waals surface area (Å²) in [7, 11) is -3.56. The molecule has 8 nitrogen and oxygen atoms in total. The zero-order valence-corrected chi connectivity index (χ0v) is 21.6. The molecule has 1 unspecified atom stereocenters. The van der Waals surface area contributed by atoms with Crippen LogP contribution >= 0.6 is 0 Å². The Kier molecular flexibility index (Phi) is 9.01. The largest absolute Gasteiger partial charge is 0.469 e. The molecule has 1 fully saturated rings. The van der Waals surface area contributed by atoms with Gasteiger partial charge in [-0.2, -0.15) is 10.2 Å². The summed E-state index contributed by atoms with van der Waals surface area (Å²) in [6, 6.07) is 16.2. The first-order valence-electron chi connectivity index (χ1n) is 11.9. The van der Waals surface area contributed by atoms with Crippen molar-refractivity contribution in [2.75, 3.05) is 37.3 Å². The van der Waals surface area contributed by atoms with Crippen molar-refractivity contribution in [1.82, 2.24) is 15.3 Å². The van der Waals surface area contributed by atoms with E-state index >= 15 is 0 Å². The summed E-state index contributed by atoms with van der Waals surface area (Å²) in [6.45, 7) is 8.66. The van der Waals surface area contributed by atoms with E-state index in [0.29, 0.717) is 11.7 Å². The van der Waals surface area contributed by atoms with Crippen LogP contribution in [0.3, 0.4) is 0 Å². The summed E-state index contributed by atoms with van der Waals surface area (Å²) in [5, 5.41) is 12.8. The molecular formula is C26H33N5O3S. The summed E-state index contributed by atoms with van der Waals surface area (Å²) >= 11 is 0. The summed E-state index contributed by atoms with van der Waals surface area (Å²) < 4.78 is 30.9. The molecule has 1 atom stereocenters. The van der Waals surface area contributed by atoms with Gasteiger partial charge in [-0.25, -0.2) is 13.4 Å². The number of aromatic nitrogens is 2. The Hall–Kier alpha value is -3.22. The molecule has 2 aromatic carbocycles. The predicted molar refractivity (Wildman–Crippen MR) is 138 cm³/mol. The lowest BCUT2D eigenvalue weighted by Gasteiger charge is -2.33. The van der Waals surface area contributed by atoms with E-state index in [1.807, 2.05) is 32.0 Å². The molecule has 2 aliphatic heterocycles. The van der Waals surface area contributed by atoms with E-state index in [0.717, 1.165) is 67.2 Å². The fraction of sp³-hybridized carbons (Fsp3) is 0.423. The minimum absolute atomic E-state index is 0.173. The number of sulfone groups is 1. The molecule has 3 aromatic rings. The van der Waals surface area contributed by atoms with Crippen molar-refractivity contribution in [3.05, 3.63) is 53.6 Å². The first kappa shape index (κ1) is 26.4. The van der Waals surface area contributed by atoms with Crippen LogP contribution in [0.4, 0.5) is 5.82 Å². The molecule has 0 radical (unpaired) electrons. The van der Waals surface area contributed by atoms with Gasteiger partial charge in [0.2, 0.25) is 15.7 Å². The van der Waals surface area contributed by atoms with E-state index in [4.69, 9.17) is 10.00 Å². The van der Waals surface area contributed by atoms with Crippen LogP contribution in [0.15, 0.2) is 47.6 Å². The Bertz CT molecular complexity index is 1290. The molecule has 5 rings (SSSR count). The molecule has 0 amide bonds. The van der Waals surface area contributed by atoms with Crippen LogP contribution in [-0.4, -0.2) is 50.8 Å². The second-order valence-corrected chi connectivity index (χ2v) is 9.97. The van der Waals surface area contributed by atoms with Gasteiger partial charge < -0.3 is 15.0 Å². The molecule has 0 saturated carbocycles. The third kappa shape index (κ3) is 6.08. The molecule has 0 bridgehead atoms. The number of piperazine rings is 1. The minimum atomic E-state index is -3.56. The van der Waals surface area contributed by atoms with Crippen molar-refractivity contribution >= 4 is 26.4 Å². The molecule has 1 aromatic heterocycles. The van der Waals surface area contributed by atoms with Crippen LogP contribution in [-0.2, 0) is 16.3 Å². The highest BCUT2D eigenvalue weighted by atomic mass is 32.2. The number of rotatable bonds is 3. The average molecular weight is 496 g/mol. The molecule has 2 aliphatic rings. The smallest absolute Gasteiger partial charge is 0.252 e. The maximum atomic E-state index is 12.3. The van der Waals surface area contributed by atoms with E-state index in [2.05, 4.69) is 44.5 Å². The molecule has 9 heteroatoms. The second-order valence-electron chi connectivity index (χ2n) is 8.06. The van der Waals surface area contributed by atoms with Crippen LogP contribution in [0.2, 0.25) is 0 Å². The van der Waals surface area contributed by atoms with E-state index in [-0.39, 0.29) is 11.3 Å². The average Bonchev–Trinajstić information content (AvgIpc) is 2.89. The molecule has 1 saturated heterocycles. The molecule has 3 heterocycles. The fourth-order valence-electron chi connectivity index (χ4n) is 4.27. The van der Waals surface area contributed by atoms with Crippen LogP contribution < -0.4 is 15.0 Å². The van der Waals surface area contributed by atoms with E-state index in [9.17, 15) is 8.42 Å². The van der Waals surface area contributed by atoms with Gasteiger partial charge in [0, 0.05) is 44.9 Å². The van der Waals surface area contributed by atoms with Gasteiger partial charge in [0.05, 0.1) is 11.6 Å². The van der Waals surface area contributed by atoms with Crippen LogP contribution in [0.25, 0.3) is 10.8 Å². The number of nitriles is 1. The number of ether oxygens (including phenoxy) is 1. The Morgan fingerprint density at radius 1 is 1.09 bits per heavy atom. The Morgan fingerprint density at radius 3 is 2.43 bits per heavy atom. The minimum Gasteiger partial charge on any atom is -0.469 e. The van der Waals surface area contributed by atoms with Crippen molar-refractivity contribution in [1.29, 1.82) is 5.26 Å². The summed E-state index contributed by atoms with van der Waals surface area (Å²) in [5.41, 5.74) is 2.00. The molecule has 1 N–H and O–H groups in total. The highest BCUT2D eigenvalue weighted by molar-refractivity contribution is 7.90. The zero-order chi connectivity index (χ0) is 25.4. The summed E-state index contributed by atoms with van der Waals surface area (Å²) in [5.74, 6) is 1.08. The first-order valence-corrected chi connectivity index (χ1v) is 13.8. The molecular weight excluding hydrogens is 462 g/mol. The number of hydrogen-bond donors (Lipinski definition) is 1. The van der Waals surface area contributed by atoms with Crippen LogP contribution in [0.1, 0.15) is 44.4 Å². The van der Waals surface area contributed by atoms with Crippen molar-refractivity contribution < 1.29 is 13.2 Å². The number of nitrogens with zero attached hydrogens (tertiary/aromatic N) is 4. The summed E-state index contributed by atoms with van der Waals surface area (Å²) in [4.78, 5) is 10.9. The van der Waals surface area contributed by atoms with Gasteiger partial charge in [0.1, 0.15) is 11.9 Å². The molecule has 0 aliphatic carbocycles. The number of hydrogen-bond acceptors (Lipinski definition) is 8. The van der Waals surface area contributed by atoms with Gasteiger partial charge in [0.25, 0.3) is 5.16 Å².